The standard InChI is InChI=1S/C18H30N4O/c1-4-18(5-2)15(13-16(18)23-3)21-14-7-11-22(12-8-14)17-19-9-6-10-20-17/h6,9-10,14-16,21H,4-5,7-8,11-13H2,1-3H3/t15-,16-/m0/s1. The average Bonchev–Trinajstić information content (AvgIpc) is 2.61. The first-order valence-corrected chi connectivity index (χ1v) is 9.04. The Balaban J connectivity index is 1.53. The number of ether oxygens (including phenoxy) is 1. The van der Waals surface area contributed by atoms with E-state index < -0.39 is 0 Å². The third kappa shape index (κ3) is 3.09. The van der Waals surface area contributed by atoms with Crippen LogP contribution in [-0.2, 0) is 4.74 Å². The molecule has 0 unspecified atom stereocenters. The van der Waals surface area contributed by atoms with Crippen molar-refractivity contribution in [3.8, 4) is 0 Å². The summed E-state index contributed by atoms with van der Waals surface area (Å²) in [6, 6.07) is 3.08. The maximum Gasteiger partial charge on any atom is 0.225 e. The largest absolute Gasteiger partial charge is 0.381 e. The van der Waals surface area contributed by atoms with Crippen molar-refractivity contribution in [2.24, 2.45) is 5.41 Å². The number of nitrogens with one attached hydrogen (secondary N) is 1. The summed E-state index contributed by atoms with van der Waals surface area (Å²) in [4.78, 5) is 11.0. The van der Waals surface area contributed by atoms with E-state index in [9.17, 15) is 0 Å². The Morgan fingerprint density at radius 1 is 1.22 bits per heavy atom. The molecule has 1 aliphatic carbocycles. The summed E-state index contributed by atoms with van der Waals surface area (Å²) in [5.74, 6) is 0.866. The van der Waals surface area contributed by atoms with Crippen LogP contribution in [0.5, 0.6) is 0 Å². The maximum absolute atomic E-state index is 5.71. The van der Waals surface area contributed by atoms with E-state index in [1.54, 1.807) is 0 Å². The van der Waals surface area contributed by atoms with Crippen molar-refractivity contribution in [1.82, 2.24) is 15.3 Å². The molecule has 1 aromatic heterocycles. The molecule has 1 saturated carbocycles. The fourth-order valence-electron chi connectivity index (χ4n) is 4.50. The number of rotatable bonds is 6. The lowest BCUT2D eigenvalue weighted by Crippen LogP contribution is -2.65. The minimum Gasteiger partial charge on any atom is -0.381 e. The van der Waals surface area contributed by atoms with Gasteiger partial charge in [0.15, 0.2) is 0 Å². The zero-order chi connectivity index (χ0) is 16.3. The number of aromatic nitrogens is 2. The lowest BCUT2D eigenvalue weighted by Gasteiger charge is -2.56. The van der Waals surface area contributed by atoms with Gasteiger partial charge in [0.25, 0.3) is 0 Å². The Kier molecular flexibility index (Phi) is 5.17. The van der Waals surface area contributed by atoms with Crippen LogP contribution in [0.1, 0.15) is 46.0 Å². The molecule has 128 valence electrons. The first-order chi connectivity index (χ1) is 11.2. The minimum absolute atomic E-state index is 0.328. The van der Waals surface area contributed by atoms with Gasteiger partial charge >= 0.3 is 0 Å². The van der Waals surface area contributed by atoms with Crippen molar-refractivity contribution in [3.63, 3.8) is 0 Å². The molecule has 2 atom stereocenters. The monoisotopic (exact) mass is 318 g/mol. The number of hydrogen-bond donors (Lipinski definition) is 1. The second-order valence-electron chi connectivity index (χ2n) is 6.93. The maximum atomic E-state index is 5.71. The van der Waals surface area contributed by atoms with E-state index in [4.69, 9.17) is 4.74 Å². The van der Waals surface area contributed by atoms with Gasteiger partial charge in [0, 0.05) is 50.1 Å². The predicted octanol–water partition coefficient (Wildman–Crippen LogP) is 2.63. The van der Waals surface area contributed by atoms with Crippen LogP contribution in [0.15, 0.2) is 18.5 Å². The van der Waals surface area contributed by atoms with Crippen molar-refractivity contribution in [3.05, 3.63) is 18.5 Å². The summed E-state index contributed by atoms with van der Waals surface area (Å²) in [6.45, 7) is 6.68. The van der Waals surface area contributed by atoms with E-state index in [2.05, 4.69) is 34.0 Å². The highest BCUT2D eigenvalue weighted by molar-refractivity contribution is 5.29. The molecule has 0 radical (unpaired) electrons. The molecule has 0 amide bonds. The molecule has 0 aromatic carbocycles. The van der Waals surface area contributed by atoms with Gasteiger partial charge in [0.05, 0.1) is 6.10 Å². The third-order valence-corrected chi connectivity index (χ3v) is 6.15. The van der Waals surface area contributed by atoms with Gasteiger partial charge in [-0.25, -0.2) is 9.97 Å². The van der Waals surface area contributed by atoms with Crippen molar-refractivity contribution in [2.45, 2.75) is 64.1 Å². The fourth-order valence-corrected chi connectivity index (χ4v) is 4.50. The van der Waals surface area contributed by atoms with Crippen LogP contribution < -0.4 is 10.2 Å². The number of nitrogens with zero attached hydrogens (tertiary/aromatic N) is 3. The van der Waals surface area contributed by atoms with Gasteiger partial charge < -0.3 is 15.0 Å². The lowest BCUT2D eigenvalue weighted by molar-refractivity contribution is -0.126. The Hall–Kier alpha value is -1.20. The summed E-state index contributed by atoms with van der Waals surface area (Å²) in [5.41, 5.74) is 0.328. The van der Waals surface area contributed by atoms with Crippen LogP contribution in [-0.4, -0.2) is 48.4 Å². The zero-order valence-electron chi connectivity index (χ0n) is 14.7. The van der Waals surface area contributed by atoms with Crippen molar-refractivity contribution in [2.75, 3.05) is 25.1 Å². The van der Waals surface area contributed by atoms with Gasteiger partial charge in [0.2, 0.25) is 5.95 Å². The molecule has 23 heavy (non-hydrogen) atoms. The topological polar surface area (TPSA) is 50.3 Å². The molecule has 2 heterocycles. The highest BCUT2D eigenvalue weighted by Gasteiger charge is 2.53. The first-order valence-electron chi connectivity index (χ1n) is 9.04. The summed E-state index contributed by atoms with van der Waals surface area (Å²) >= 11 is 0. The predicted molar refractivity (Wildman–Crippen MR) is 92.6 cm³/mol. The second-order valence-corrected chi connectivity index (χ2v) is 6.93. The van der Waals surface area contributed by atoms with Gasteiger partial charge in [-0.15, -0.1) is 0 Å². The molecule has 3 rings (SSSR count). The SMILES string of the molecule is CCC1(CC)[C@@H](NC2CCN(c3ncccn3)CC2)C[C@@H]1OC. The quantitative estimate of drug-likeness (QED) is 0.874. The summed E-state index contributed by atoms with van der Waals surface area (Å²) in [7, 11) is 1.86. The van der Waals surface area contributed by atoms with E-state index in [0.717, 1.165) is 38.3 Å². The molecule has 0 spiro atoms. The highest BCUT2D eigenvalue weighted by atomic mass is 16.5. The molecular weight excluding hydrogens is 288 g/mol. The Bertz CT molecular complexity index is 483. The lowest BCUT2D eigenvalue weighted by atomic mass is 9.58. The number of hydrogen-bond acceptors (Lipinski definition) is 5. The van der Waals surface area contributed by atoms with Crippen LogP contribution in [0.4, 0.5) is 5.95 Å². The van der Waals surface area contributed by atoms with Crippen molar-refractivity contribution < 1.29 is 4.74 Å². The molecule has 2 aliphatic rings. The van der Waals surface area contributed by atoms with Crippen molar-refractivity contribution >= 4 is 5.95 Å². The summed E-state index contributed by atoms with van der Waals surface area (Å²) in [6.07, 6.45) is 9.93. The third-order valence-electron chi connectivity index (χ3n) is 6.15. The smallest absolute Gasteiger partial charge is 0.225 e. The van der Waals surface area contributed by atoms with Crippen LogP contribution in [0, 0.1) is 5.41 Å². The van der Waals surface area contributed by atoms with Crippen LogP contribution >= 0.6 is 0 Å². The van der Waals surface area contributed by atoms with E-state index in [1.165, 1.54) is 12.8 Å². The zero-order valence-corrected chi connectivity index (χ0v) is 14.7. The van der Waals surface area contributed by atoms with E-state index in [1.807, 2.05) is 25.6 Å². The van der Waals surface area contributed by atoms with Crippen LogP contribution in [0.25, 0.3) is 0 Å². The van der Waals surface area contributed by atoms with Gasteiger partial charge in [-0.1, -0.05) is 13.8 Å². The molecular formula is C18H30N4O. The molecule has 1 N–H and O–H groups in total. The van der Waals surface area contributed by atoms with E-state index >= 15 is 0 Å². The average molecular weight is 318 g/mol. The molecule has 0 bridgehead atoms. The Morgan fingerprint density at radius 2 is 1.87 bits per heavy atom. The van der Waals surface area contributed by atoms with Gasteiger partial charge in [0.1, 0.15) is 0 Å². The molecule has 5 nitrogen and oxygen atoms in total. The molecule has 1 aliphatic heterocycles. The molecule has 5 heteroatoms. The molecule has 2 fully saturated rings. The summed E-state index contributed by atoms with van der Waals surface area (Å²) < 4.78 is 5.71. The normalized spacial score (nSPS) is 27.7. The van der Waals surface area contributed by atoms with E-state index in [-0.39, 0.29) is 0 Å². The van der Waals surface area contributed by atoms with Crippen LogP contribution in [0.3, 0.4) is 0 Å². The van der Waals surface area contributed by atoms with Gasteiger partial charge in [-0.3, -0.25) is 0 Å². The van der Waals surface area contributed by atoms with Crippen molar-refractivity contribution in [1.29, 1.82) is 0 Å². The number of piperidine rings is 1. The fraction of sp³-hybridized carbons (Fsp3) is 0.778. The highest BCUT2D eigenvalue weighted by Crippen LogP contribution is 2.49. The number of anilines is 1. The molecule has 1 aromatic rings. The minimum atomic E-state index is 0.328. The number of methoxy groups -OCH3 is 1. The molecule has 1 saturated heterocycles. The first kappa shape index (κ1) is 16.7. The van der Waals surface area contributed by atoms with Gasteiger partial charge in [-0.2, -0.15) is 0 Å². The van der Waals surface area contributed by atoms with Crippen LogP contribution in [0.2, 0.25) is 0 Å². The Labute approximate surface area is 139 Å². The Morgan fingerprint density at radius 3 is 2.43 bits per heavy atom. The van der Waals surface area contributed by atoms with E-state index in [0.29, 0.717) is 23.6 Å². The van der Waals surface area contributed by atoms with Gasteiger partial charge in [-0.05, 0) is 38.2 Å². The second kappa shape index (κ2) is 7.14. The summed E-state index contributed by atoms with van der Waals surface area (Å²) in [5, 5.41) is 3.94.